The lowest BCUT2D eigenvalue weighted by atomic mass is 10.0. The number of benzene rings is 2. The van der Waals surface area contributed by atoms with Gasteiger partial charge in [-0.3, -0.25) is 9.78 Å². The molecule has 4 nitrogen and oxygen atoms in total. The Balaban J connectivity index is 1.74. The van der Waals surface area contributed by atoms with Crippen molar-refractivity contribution in [2.24, 2.45) is 5.73 Å². The minimum atomic E-state index is -0.311. The normalized spacial score (nSPS) is 12.0. The number of pyridine rings is 1. The first-order valence-corrected chi connectivity index (χ1v) is 7.18. The van der Waals surface area contributed by atoms with E-state index in [0.717, 1.165) is 22.2 Å². The molecule has 0 aliphatic rings. The van der Waals surface area contributed by atoms with Crippen molar-refractivity contribution in [2.75, 3.05) is 5.32 Å². The van der Waals surface area contributed by atoms with Crippen LogP contribution >= 0.6 is 0 Å². The third kappa shape index (κ3) is 3.13. The van der Waals surface area contributed by atoms with Crippen LogP contribution in [-0.2, 0) is 4.79 Å². The molecule has 0 aliphatic carbocycles. The van der Waals surface area contributed by atoms with Crippen molar-refractivity contribution < 1.29 is 4.79 Å². The number of fused-ring (bicyclic) bond motifs is 1. The summed E-state index contributed by atoms with van der Waals surface area (Å²) in [6.45, 7) is 0. The lowest BCUT2D eigenvalue weighted by Crippen LogP contribution is -2.20. The van der Waals surface area contributed by atoms with Crippen LogP contribution in [0.4, 0.5) is 5.69 Å². The molecule has 0 fully saturated rings. The van der Waals surface area contributed by atoms with Gasteiger partial charge in [0.15, 0.2) is 0 Å². The molecule has 1 aromatic heterocycles. The summed E-state index contributed by atoms with van der Waals surface area (Å²) in [6, 6.07) is 18.8. The van der Waals surface area contributed by atoms with Crippen molar-refractivity contribution in [1.82, 2.24) is 4.98 Å². The fraction of sp³-hybridized carbons (Fsp3) is 0.111. The van der Waals surface area contributed by atoms with Gasteiger partial charge in [0, 0.05) is 24.0 Å². The van der Waals surface area contributed by atoms with E-state index in [1.165, 1.54) is 0 Å². The highest BCUT2D eigenvalue weighted by molar-refractivity contribution is 6.01. The zero-order chi connectivity index (χ0) is 15.4. The average Bonchev–Trinajstić information content (AvgIpc) is 2.56. The van der Waals surface area contributed by atoms with Gasteiger partial charge in [-0.2, -0.15) is 0 Å². The molecule has 0 radical (unpaired) electrons. The van der Waals surface area contributed by atoms with E-state index in [1.807, 2.05) is 60.7 Å². The van der Waals surface area contributed by atoms with Gasteiger partial charge < -0.3 is 11.1 Å². The van der Waals surface area contributed by atoms with E-state index in [0.29, 0.717) is 0 Å². The van der Waals surface area contributed by atoms with Crippen molar-refractivity contribution in [3.63, 3.8) is 0 Å². The molecule has 0 saturated carbocycles. The second-order valence-corrected chi connectivity index (χ2v) is 5.15. The maximum absolute atomic E-state index is 12.2. The van der Waals surface area contributed by atoms with Crippen LogP contribution in [0.5, 0.6) is 0 Å². The molecule has 3 aromatic rings. The number of carbonyl (C=O) groups excluding carboxylic acids is 1. The van der Waals surface area contributed by atoms with Gasteiger partial charge in [-0.25, -0.2) is 0 Å². The first-order valence-electron chi connectivity index (χ1n) is 7.18. The summed E-state index contributed by atoms with van der Waals surface area (Å²) in [5.74, 6) is -0.104. The number of anilines is 1. The van der Waals surface area contributed by atoms with Crippen LogP contribution in [0.2, 0.25) is 0 Å². The molecule has 3 N–H and O–H groups in total. The van der Waals surface area contributed by atoms with E-state index < -0.39 is 0 Å². The highest BCUT2D eigenvalue weighted by Gasteiger charge is 2.12. The topological polar surface area (TPSA) is 68.0 Å². The predicted octanol–water partition coefficient (Wildman–Crippen LogP) is 3.26. The van der Waals surface area contributed by atoms with Crippen LogP contribution in [0.25, 0.3) is 10.9 Å². The maximum Gasteiger partial charge on any atom is 0.226 e. The molecule has 0 bridgehead atoms. The second kappa shape index (κ2) is 6.37. The zero-order valence-electron chi connectivity index (χ0n) is 12.1. The Morgan fingerprint density at radius 2 is 1.86 bits per heavy atom. The Kier molecular flexibility index (Phi) is 4.12. The van der Waals surface area contributed by atoms with E-state index in [4.69, 9.17) is 5.73 Å². The van der Waals surface area contributed by atoms with E-state index in [-0.39, 0.29) is 18.4 Å². The minimum absolute atomic E-state index is 0.104. The van der Waals surface area contributed by atoms with E-state index in [1.54, 1.807) is 6.20 Å². The number of carbonyl (C=O) groups is 1. The molecule has 0 aliphatic heterocycles. The van der Waals surface area contributed by atoms with E-state index >= 15 is 0 Å². The summed E-state index contributed by atoms with van der Waals surface area (Å²) in [5.41, 5.74) is 8.66. The highest BCUT2D eigenvalue weighted by atomic mass is 16.1. The van der Waals surface area contributed by atoms with Gasteiger partial charge in [-0.1, -0.05) is 36.4 Å². The Bertz CT molecular complexity index is 781. The lowest BCUT2D eigenvalue weighted by molar-refractivity contribution is -0.116. The minimum Gasteiger partial charge on any atom is -0.325 e. The number of nitrogens with one attached hydrogen (secondary N) is 1. The molecule has 4 heteroatoms. The number of nitrogens with two attached hydrogens (primary N) is 1. The third-order valence-corrected chi connectivity index (χ3v) is 3.55. The predicted molar refractivity (Wildman–Crippen MR) is 88.4 cm³/mol. The van der Waals surface area contributed by atoms with Crippen molar-refractivity contribution in [2.45, 2.75) is 12.5 Å². The first-order chi connectivity index (χ1) is 10.7. The van der Waals surface area contributed by atoms with Crippen LogP contribution in [-0.4, -0.2) is 10.9 Å². The van der Waals surface area contributed by atoms with Gasteiger partial charge in [0.25, 0.3) is 0 Å². The van der Waals surface area contributed by atoms with Crippen LogP contribution in [0.1, 0.15) is 18.0 Å². The molecule has 3 rings (SSSR count). The Labute approximate surface area is 129 Å². The highest BCUT2D eigenvalue weighted by Crippen LogP contribution is 2.22. The summed E-state index contributed by atoms with van der Waals surface area (Å²) >= 11 is 0. The Morgan fingerprint density at radius 1 is 1.05 bits per heavy atom. The van der Waals surface area contributed by atoms with Crippen LogP contribution in [0.15, 0.2) is 66.9 Å². The summed E-state index contributed by atoms with van der Waals surface area (Å²) in [7, 11) is 0. The molecule has 0 spiro atoms. The van der Waals surface area contributed by atoms with Crippen molar-refractivity contribution in [3.8, 4) is 0 Å². The summed E-state index contributed by atoms with van der Waals surface area (Å²) in [6.07, 6.45) is 1.97. The largest absolute Gasteiger partial charge is 0.325 e. The van der Waals surface area contributed by atoms with Gasteiger partial charge in [0.05, 0.1) is 11.2 Å². The summed E-state index contributed by atoms with van der Waals surface area (Å²) in [5, 5.41) is 3.85. The van der Waals surface area contributed by atoms with Crippen molar-refractivity contribution in [3.05, 3.63) is 72.4 Å². The standard InChI is InChI=1S/C18H17N3O/c19-15(13-6-2-1-3-7-13)12-18(22)21-17-10-4-9-16-14(17)8-5-11-20-16/h1-11,15H,12,19H2,(H,21,22). The number of rotatable bonds is 4. The molecular formula is C18H17N3O. The Hall–Kier alpha value is -2.72. The van der Waals surface area contributed by atoms with Gasteiger partial charge in [0.2, 0.25) is 5.91 Å². The molecule has 1 unspecified atom stereocenters. The van der Waals surface area contributed by atoms with Crippen molar-refractivity contribution >= 4 is 22.5 Å². The number of hydrogen-bond donors (Lipinski definition) is 2. The SMILES string of the molecule is NC(CC(=O)Nc1cccc2ncccc12)c1ccccc1. The average molecular weight is 291 g/mol. The number of aromatic nitrogens is 1. The van der Waals surface area contributed by atoms with Gasteiger partial charge >= 0.3 is 0 Å². The quantitative estimate of drug-likeness (QED) is 0.775. The second-order valence-electron chi connectivity index (χ2n) is 5.15. The molecule has 0 saturated heterocycles. The van der Waals surface area contributed by atoms with E-state index in [9.17, 15) is 4.79 Å². The molecule has 22 heavy (non-hydrogen) atoms. The van der Waals surface area contributed by atoms with Crippen LogP contribution in [0, 0.1) is 0 Å². The fourth-order valence-corrected chi connectivity index (χ4v) is 2.43. The van der Waals surface area contributed by atoms with Crippen molar-refractivity contribution in [1.29, 1.82) is 0 Å². The molecular weight excluding hydrogens is 274 g/mol. The first kappa shape index (κ1) is 14.2. The van der Waals surface area contributed by atoms with Gasteiger partial charge in [0.1, 0.15) is 0 Å². The molecule has 1 atom stereocenters. The summed E-state index contributed by atoms with van der Waals surface area (Å²) < 4.78 is 0. The molecule has 1 heterocycles. The Morgan fingerprint density at radius 3 is 2.68 bits per heavy atom. The monoisotopic (exact) mass is 291 g/mol. The van der Waals surface area contributed by atoms with E-state index in [2.05, 4.69) is 10.3 Å². The third-order valence-electron chi connectivity index (χ3n) is 3.55. The summed E-state index contributed by atoms with van der Waals surface area (Å²) in [4.78, 5) is 16.5. The number of amides is 1. The molecule has 2 aromatic carbocycles. The molecule has 110 valence electrons. The molecule has 1 amide bonds. The zero-order valence-corrected chi connectivity index (χ0v) is 12.1. The van der Waals surface area contributed by atoms with Gasteiger partial charge in [-0.05, 0) is 29.8 Å². The number of nitrogens with zero attached hydrogens (tertiary/aromatic N) is 1. The fourth-order valence-electron chi connectivity index (χ4n) is 2.43. The maximum atomic E-state index is 12.2. The lowest BCUT2D eigenvalue weighted by Gasteiger charge is -2.13. The van der Waals surface area contributed by atoms with Crippen LogP contribution in [0.3, 0.4) is 0 Å². The number of hydrogen-bond acceptors (Lipinski definition) is 3. The van der Waals surface area contributed by atoms with Crippen LogP contribution < -0.4 is 11.1 Å². The van der Waals surface area contributed by atoms with Gasteiger partial charge in [-0.15, -0.1) is 0 Å². The smallest absolute Gasteiger partial charge is 0.226 e.